The van der Waals surface area contributed by atoms with Gasteiger partial charge in [0.1, 0.15) is 6.10 Å². The van der Waals surface area contributed by atoms with E-state index >= 15 is 0 Å². The Kier molecular flexibility index (Phi) is 3.38. The number of pyridine rings is 1. The van der Waals surface area contributed by atoms with E-state index in [9.17, 15) is 0 Å². The van der Waals surface area contributed by atoms with Crippen LogP contribution in [0.3, 0.4) is 0 Å². The van der Waals surface area contributed by atoms with Crippen LogP contribution < -0.4 is 4.74 Å². The topological polar surface area (TPSA) is 60.0 Å². The van der Waals surface area contributed by atoms with Crippen LogP contribution in [0.5, 0.6) is 5.88 Å². The number of H-pyrrole nitrogens is 1. The molecule has 2 aromatic heterocycles. The fourth-order valence-corrected chi connectivity index (χ4v) is 2.48. The van der Waals surface area contributed by atoms with Crippen molar-refractivity contribution in [3.05, 3.63) is 17.5 Å². The van der Waals surface area contributed by atoms with E-state index in [2.05, 4.69) is 22.1 Å². The third-order valence-corrected chi connectivity index (χ3v) is 3.51. The van der Waals surface area contributed by atoms with Crippen LogP contribution in [0.15, 0.2) is 6.07 Å². The first-order valence-electron chi connectivity index (χ1n) is 6.87. The summed E-state index contributed by atoms with van der Waals surface area (Å²) < 4.78 is 11.5. The van der Waals surface area contributed by atoms with Crippen LogP contribution in [-0.2, 0) is 11.2 Å². The third kappa shape index (κ3) is 2.42. The van der Waals surface area contributed by atoms with Gasteiger partial charge in [0.05, 0.1) is 24.1 Å². The van der Waals surface area contributed by atoms with Crippen LogP contribution in [0.4, 0.5) is 0 Å². The van der Waals surface area contributed by atoms with Crippen LogP contribution in [0.2, 0.25) is 0 Å². The lowest BCUT2D eigenvalue weighted by molar-refractivity contribution is 0.0244. The average Bonchev–Trinajstić information content (AvgIpc) is 2.82. The maximum absolute atomic E-state index is 6.10. The summed E-state index contributed by atoms with van der Waals surface area (Å²) in [5.41, 5.74) is 2.96. The molecule has 5 nitrogen and oxygen atoms in total. The molecule has 1 N–H and O–H groups in total. The van der Waals surface area contributed by atoms with Crippen molar-refractivity contribution < 1.29 is 9.47 Å². The van der Waals surface area contributed by atoms with Gasteiger partial charge in [0.25, 0.3) is 0 Å². The fourth-order valence-electron chi connectivity index (χ4n) is 2.48. The minimum Gasteiger partial charge on any atom is -0.474 e. The van der Waals surface area contributed by atoms with E-state index in [1.807, 2.05) is 13.0 Å². The number of ether oxygens (including phenoxy) is 2. The number of nitrogens with one attached hydrogen (secondary N) is 1. The van der Waals surface area contributed by atoms with Crippen molar-refractivity contribution in [2.24, 2.45) is 0 Å². The van der Waals surface area contributed by atoms with Crippen molar-refractivity contribution in [1.82, 2.24) is 15.2 Å². The van der Waals surface area contributed by atoms with Gasteiger partial charge in [0.2, 0.25) is 5.88 Å². The Balaban J connectivity index is 1.98. The molecule has 3 rings (SSSR count). The molecule has 1 fully saturated rings. The zero-order valence-electron chi connectivity index (χ0n) is 11.4. The fraction of sp³-hybridized carbons (Fsp3) is 0.571. The van der Waals surface area contributed by atoms with Gasteiger partial charge < -0.3 is 9.47 Å². The maximum Gasteiger partial charge on any atom is 0.225 e. The first-order valence-corrected chi connectivity index (χ1v) is 6.87. The smallest absolute Gasteiger partial charge is 0.225 e. The van der Waals surface area contributed by atoms with E-state index in [1.165, 1.54) is 0 Å². The Morgan fingerprint density at radius 2 is 2.21 bits per heavy atom. The molecule has 0 aromatic carbocycles. The predicted octanol–water partition coefficient (Wildman–Crippen LogP) is 2.39. The molecular weight excluding hydrogens is 242 g/mol. The molecule has 1 aliphatic heterocycles. The van der Waals surface area contributed by atoms with E-state index in [-0.39, 0.29) is 6.10 Å². The number of aryl methyl sites for hydroxylation is 2. The van der Waals surface area contributed by atoms with Crippen LogP contribution >= 0.6 is 0 Å². The van der Waals surface area contributed by atoms with Crippen LogP contribution in [0.1, 0.15) is 31.2 Å². The average molecular weight is 261 g/mol. The number of hydrogen-bond donors (Lipinski definition) is 1. The highest BCUT2D eigenvalue weighted by Crippen LogP contribution is 2.28. The summed E-state index contributed by atoms with van der Waals surface area (Å²) in [6.07, 6.45) is 2.95. The van der Waals surface area contributed by atoms with Gasteiger partial charge in [-0.3, -0.25) is 5.10 Å². The van der Waals surface area contributed by atoms with Crippen LogP contribution in [0.25, 0.3) is 10.9 Å². The molecule has 102 valence electrons. The molecule has 0 saturated carbocycles. The Morgan fingerprint density at radius 1 is 1.42 bits per heavy atom. The summed E-state index contributed by atoms with van der Waals surface area (Å²) in [6, 6.07) is 1.99. The molecule has 5 heteroatoms. The second-order valence-corrected chi connectivity index (χ2v) is 4.95. The molecule has 0 aliphatic carbocycles. The van der Waals surface area contributed by atoms with Crippen molar-refractivity contribution in [2.45, 2.75) is 39.2 Å². The minimum atomic E-state index is 0.200. The van der Waals surface area contributed by atoms with Gasteiger partial charge in [-0.1, -0.05) is 6.92 Å². The van der Waals surface area contributed by atoms with Gasteiger partial charge in [-0.05, 0) is 19.4 Å². The lowest BCUT2D eigenvalue weighted by Crippen LogP contribution is -2.26. The molecule has 0 bridgehead atoms. The van der Waals surface area contributed by atoms with Gasteiger partial charge in [-0.2, -0.15) is 5.10 Å². The summed E-state index contributed by atoms with van der Waals surface area (Å²) in [5.74, 6) is 0.715. The first kappa shape index (κ1) is 12.4. The minimum absolute atomic E-state index is 0.200. The number of hydrogen-bond acceptors (Lipinski definition) is 4. The number of fused-ring (bicyclic) bond motifs is 1. The van der Waals surface area contributed by atoms with Gasteiger partial charge in [0, 0.05) is 24.2 Å². The van der Waals surface area contributed by atoms with Crippen molar-refractivity contribution in [3.63, 3.8) is 0 Å². The molecule has 1 aliphatic rings. The van der Waals surface area contributed by atoms with Crippen LogP contribution in [-0.4, -0.2) is 34.5 Å². The van der Waals surface area contributed by atoms with Crippen molar-refractivity contribution >= 4 is 10.9 Å². The van der Waals surface area contributed by atoms with Crippen molar-refractivity contribution in [2.75, 3.05) is 13.2 Å². The number of nitrogens with zero attached hydrogens (tertiary/aromatic N) is 2. The Hall–Kier alpha value is -1.62. The monoisotopic (exact) mass is 261 g/mol. The predicted molar refractivity (Wildman–Crippen MR) is 72.5 cm³/mol. The quantitative estimate of drug-likeness (QED) is 0.921. The number of aromatic amines is 1. The largest absolute Gasteiger partial charge is 0.474 e. The highest BCUT2D eigenvalue weighted by Gasteiger charge is 2.19. The molecule has 0 spiro atoms. The summed E-state index contributed by atoms with van der Waals surface area (Å²) >= 11 is 0. The van der Waals surface area contributed by atoms with Crippen molar-refractivity contribution in [3.8, 4) is 5.88 Å². The maximum atomic E-state index is 6.10. The van der Waals surface area contributed by atoms with E-state index in [1.54, 1.807) is 0 Å². The Bertz CT molecular complexity index is 573. The van der Waals surface area contributed by atoms with E-state index in [0.717, 1.165) is 54.8 Å². The highest BCUT2D eigenvalue weighted by molar-refractivity contribution is 5.86. The Morgan fingerprint density at radius 3 is 2.95 bits per heavy atom. The van der Waals surface area contributed by atoms with E-state index < -0.39 is 0 Å². The number of aromatic nitrogens is 3. The zero-order valence-corrected chi connectivity index (χ0v) is 11.4. The molecule has 0 atom stereocenters. The molecule has 2 aromatic rings. The molecule has 1 saturated heterocycles. The Labute approximate surface area is 112 Å². The zero-order chi connectivity index (χ0) is 13.2. The molecule has 19 heavy (non-hydrogen) atoms. The lowest BCUT2D eigenvalue weighted by atomic mass is 10.1. The summed E-state index contributed by atoms with van der Waals surface area (Å²) in [5, 5.41) is 8.44. The third-order valence-electron chi connectivity index (χ3n) is 3.51. The van der Waals surface area contributed by atoms with Crippen molar-refractivity contribution in [1.29, 1.82) is 0 Å². The molecule has 3 heterocycles. The molecule has 0 amide bonds. The highest BCUT2D eigenvalue weighted by atomic mass is 16.5. The molecule has 0 unspecified atom stereocenters. The van der Waals surface area contributed by atoms with E-state index in [4.69, 9.17) is 9.47 Å². The van der Waals surface area contributed by atoms with Gasteiger partial charge >= 0.3 is 0 Å². The van der Waals surface area contributed by atoms with Gasteiger partial charge in [-0.15, -0.1) is 0 Å². The summed E-state index contributed by atoms with van der Waals surface area (Å²) in [6.45, 7) is 5.61. The summed E-state index contributed by atoms with van der Waals surface area (Å²) in [7, 11) is 0. The SMILES string of the molecule is CCc1[nH]nc2cc(C)nc(OC3CCOCC3)c12. The number of rotatable bonds is 3. The second-order valence-electron chi connectivity index (χ2n) is 4.95. The normalized spacial score (nSPS) is 16.9. The molecule has 0 radical (unpaired) electrons. The lowest BCUT2D eigenvalue weighted by Gasteiger charge is -2.23. The van der Waals surface area contributed by atoms with E-state index in [0.29, 0.717) is 5.88 Å². The van der Waals surface area contributed by atoms with Gasteiger partial charge in [-0.25, -0.2) is 4.98 Å². The first-order chi connectivity index (χ1) is 9.28. The molecular formula is C14H19N3O2. The summed E-state index contributed by atoms with van der Waals surface area (Å²) in [4.78, 5) is 4.55. The van der Waals surface area contributed by atoms with Gasteiger partial charge in [0.15, 0.2) is 0 Å². The second kappa shape index (κ2) is 5.17. The van der Waals surface area contributed by atoms with Crippen LogP contribution in [0, 0.1) is 6.92 Å². The standard InChI is InChI=1S/C14H19N3O2/c1-3-11-13-12(17-16-11)8-9(2)15-14(13)19-10-4-6-18-7-5-10/h8,10H,3-7H2,1-2H3,(H,16,17).